The third-order valence-corrected chi connectivity index (χ3v) is 7.08. The second-order valence-corrected chi connectivity index (χ2v) is 10.4. The lowest BCUT2D eigenvalue weighted by Crippen LogP contribution is -2.48. The summed E-state index contributed by atoms with van der Waals surface area (Å²) in [5.41, 5.74) is 4.01. The summed E-state index contributed by atoms with van der Waals surface area (Å²) in [6.45, 7) is 6.92. The molecule has 1 fully saturated rings. The zero-order valence-corrected chi connectivity index (χ0v) is 24.1. The van der Waals surface area contributed by atoms with Crippen LogP contribution in [0.15, 0.2) is 72.8 Å². The van der Waals surface area contributed by atoms with E-state index in [1.54, 1.807) is 17.0 Å². The van der Waals surface area contributed by atoms with E-state index in [9.17, 15) is 14.7 Å². The minimum absolute atomic E-state index is 0.0657. The fourth-order valence-electron chi connectivity index (χ4n) is 5.00. The second-order valence-electron chi connectivity index (χ2n) is 10.4. The van der Waals surface area contributed by atoms with E-state index in [0.29, 0.717) is 56.9 Å². The SMILES string of the molecule is CCCOc1cccc(CNC[C@H](O)[C@H](Cc2ccccc2)NC(=O)c2cc(NCC)cc(N3CCCC3=O)c2)c1. The van der Waals surface area contributed by atoms with Crippen molar-refractivity contribution >= 4 is 23.2 Å². The van der Waals surface area contributed by atoms with E-state index < -0.39 is 12.1 Å². The summed E-state index contributed by atoms with van der Waals surface area (Å²) in [6.07, 6.45) is 1.90. The molecule has 1 saturated heterocycles. The molecule has 1 aliphatic heterocycles. The second kappa shape index (κ2) is 15.2. The molecule has 0 saturated carbocycles. The number of hydrogen-bond donors (Lipinski definition) is 4. The minimum atomic E-state index is -0.838. The van der Waals surface area contributed by atoms with Gasteiger partial charge < -0.3 is 30.7 Å². The number of benzene rings is 3. The van der Waals surface area contributed by atoms with Gasteiger partial charge in [-0.15, -0.1) is 0 Å². The van der Waals surface area contributed by atoms with E-state index in [4.69, 9.17) is 4.74 Å². The molecule has 4 rings (SSSR count). The summed E-state index contributed by atoms with van der Waals surface area (Å²) in [6, 6.07) is 22.7. The molecule has 218 valence electrons. The van der Waals surface area contributed by atoms with Gasteiger partial charge in [0.05, 0.1) is 18.8 Å². The van der Waals surface area contributed by atoms with Gasteiger partial charge in [0.2, 0.25) is 5.91 Å². The van der Waals surface area contributed by atoms with Crippen LogP contribution >= 0.6 is 0 Å². The lowest BCUT2D eigenvalue weighted by Gasteiger charge is -2.25. The van der Waals surface area contributed by atoms with E-state index in [-0.39, 0.29) is 11.8 Å². The Balaban J connectivity index is 1.47. The van der Waals surface area contributed by atoms with Crippen molar-refractivity contribution in [2.24, 2.45) is 0 Å². The molecule has 0 unspecified atom stereocenters. The Morgan fingerprint density at radius 1 is 1.02 bits per heavy atom. The van der Waals surface area contributed by atoms with Gasteiger partial charge in [0.1, 0.15) is 5.75 Å². The predicted molar refractivity (Wildman–Crippen MR) is 164 cm³/mol. The average Bonchev–Trinajstić information content (AvgIpc) is 3.42. The van der Waals surface area contributed by atoms with Crippen LogP contribution in [0.4, 0.5) is 11.4 Å². The van der Waals surface area contributed by atoms with Crippen LogP contribution in [0, 0.1) is 0 Å². The van der Waals surface area contributed by atoms with Crippen molar-refractivity contribution in [3.05, 3.63) is 89.5 Å². The van der Waals surface area contributed by atoms with Crippen LogP contribution in [0.2, 0.25) is 0 Å². The molecule has 0 aliphatic carbocycles. The molecule has 2 atom stereocenters. The Labute approximate surface area is 243 Å². The van der Waals surface area contributed by atoms with Crippen LogP contribution in [-0.2, 0) is 17.8 Å². The van der Waals surface area contributed by atoms with Crippen molar-refractivity contribution in [3.63, 3.8) is 0 Å². The van der Waals surface area contributed by atoms with Gasteiger partial charge in [-0.1, -0.05) is 49.4 Å². The van der Waals surface area contributed by atoms with Gasteiger partial charge in [0.25, 0.3) is 5.91 Å². The quantitative estimate of drug-likeness (QED) is 0.219. The number of aliphatic hydroxyl groups is 1. The number of anilines is 2. The highest BCUT2D eigenvalue weighted by Gasteiger charge is 2.25. The Hall–Kier alpha value is -3.88. The summed E-state index contributed by atoms with van der Waals surface area (Å²) in [5, 5.41) is 20.9. The van der Waals surface area contributed by atoms with Crippen LogP contribution in [-0.4, -0.2) is 55.3 Å². The summed E-state index contributed by atoms with van der Waals surface area (Å²) in [7, 11) is 0. The van der Waals surface area contributed by atoms with Crippen LogP contribution in [0.5, 0.6) is 5.75 Å². The normalized spacial score (nSPS) is 14.5. The molecule has 0 radical (unpaired) electrons. The third-order valence-electron chi connectivity index (χ3n) is 7.08. The van der Waals surface area contributed by atoms with E-state index in [0.717, 1.165) is 35.4 Å². The molecule has 41 heavy (non-hydrogen) atoms. The molecular formula is C33H42N4O4. The first-order valence-electron chi connectivity index (χ1n) is 14.6. The number of rotatable bonds is 15. The molecule has 0 aromatic heterocycles. The number of carbonyl (C=O) groups excluding carboxylic acids is 2. The standard InChI is InChI=1S/C33H42N4O4/c1-3-16-41-29-13-8-12-25(17-29)22-34-23-31(38)30(18-24-10-6-5-7-11-24)36-33(40)26-19-27(35-4-2)21-28(20-26)37-15-9-14-32(37)39/h5-8,10-13,17,19-21,30-31,34-35,38H,3-4,9,14-16,18,22-23H2,1-2H3,(H,36,40)/t30-,31-/m0/s1. The molecule has 4 N–H and O–H groups in total. The maximum atomic E-state index is 13.6. The zero-order valence-electron chi connectivity index (χ0n) is 24.1. The van der Waals surface area contributed by atoms with Crippen molar-refractivity contribution in [2.45, 2.75) is 58.2 Å². The van der Waals surface area contributed by atoms with E-state index in [1.807, 2.05) is 67.6 Å². The Morgan fingerprint density at radius 2 is 1.83 bits per heavy atom. The first-order chi connectivity index (χ1) is 20.0. The number of nitrogens with zero attached hydrogens (tertiary/aromatic N) is 1. The summed E-state index contributed by atoms with van der Waals surface area (Å²) < 4.78 is 5.73. The van der Waals surface area contributed by atoms with Crippen molar-refractivity contribution < 1.29 is 19.4 Å². The largest absolute Gasteiger partial charge is 0.494 e. The molecule has 0 bridgehead atoms. The number of aliphatic hydroxyl groups excluding tert-OH is 1. The van der Waals surface area contributed by atoms with E-state index >= 15 is 0 Å². The summed E-state index contributed by atoms with van der Waals surface area (Å²) in [4.78, 5) is 27.7. The van der Waals surface area contributed by atoms with Gasteiger partial charge in [-0.2, -0.15) is 0 Å². The first kappa shape index (κ1) is 30.1. The lowest BCUT2D eigenvalue weighted by molar-refractivity contribution is -0.117. The van der Waals surface area contributed by atoms with Crippen molar-refractivity contribution in [1.82, 2.24) is 10.6 Å². The topological polar surface area (TPSA) is 103 Å². The lowest BCUT2D eigenvalue weighted by atomic mass is 10.00. The van der Waals surface area contributed by atoms with Crippen LogP contribution < -0.4 is 25.6 Å². The van der Waals surface area contributed by atoms with E-state index in [1.165, 1.54) is 0 Å². The smallest absolute Gasteiger partial charge is 0.251 e. The number of amides is 2. The van der Waals surface area contributed by atoms with E-state index in [2.05, 4.69) is 22.9 Å². The van der Waals surface area contributed by atoms with Crippen molar-refractivity contribution in [2.75, 3.05) is 36.5 Å². The predicted octanol–water partition coefficient (Wildman–Crippen LogP) is 4.53. The molecule has 1 aliphatic rings. The average molecular weight is 559 g/mol. The number of ether oxygens (including phenoxy) is 1. The Morgan fingerprint density at radius 3 is 2.56 bits per heavy atom. The highest BCUT2D eigenvalue weighted by molar-refractivity contribution is 6.00. The zero-order chi connectivity index (χ0) is 29.0. The molecule has 3 aromatic rings. The monoisotopic (exact) mass is 558 g/mol. The Kier molecular flexibility index (Phi) is 11.2. The summed E-state index contributed by atoms with van der Waals surface area (Å²) in [5.74, 6) is 0.602. The molecule has 2 amide bonds. The van der Waals surface area contributed by atoms with Gasteiger partial charge in [-0.05, 0) is 67.6 Å². The fraction of sp³-hybridized carbons (Fsp3) is 0.394. The van der Waals surface area contributed by atoms with Crippen molar-refractivity contribution in [3.8, 4) is 5.75 Å². The highest BCUT2D eigenvalue weighted by Crippen LogP contribution is 2.27. The van der Waals surface area contributed by atoms with Gasteiger partial charge in [0, 0.05) is 49.5 Å². The van der Waals surface area contributed by atoms with Gasteiger partial charge >= 0.3 is 0 Å². The molecule has 3 aromatic carbocycles. The summed E-state index contributed by atoms with van der Waals surface area (Å²) >= 11 is 0. The molecule has 8 heteroatoms. The molecule has 8 nitrogen and oxygen atoms in total. The number of hydrogen-bond acceptors (Lipinski definition) is 6. The maximum Gasteiger partial charge on any atom is 0.251 e. The number of nitrogens with one attached hydrogen (secondary N) is 3. The highest BCUT2D eigenvalue weighted by atomic mass is 16.5. The molecule has 1 heterocycles. The number of carbonyl (C=O) groups is 2. The van der Waals surface area contributed by atoms with Gasteiger partial charge in [0.15, 0.2) is 0 Å². The van der Waals surface area contributed by atoms with Crippen molar-refractivity contribution in [1.29, 1.82) is 0 Å². The molecular weight excluding hydrogens is 516 g/mol. The third kappa shape index (κ3) is 8.80. The first-order valence-corrected chi connectivity index (χ1v) is 14.6. The minimum Gasteiger partial charge on any atom is -0.494 e. The van der Waals surface area contributed by atoms with Gasteiger partial charge in [-0.25, -0.2) is 0 Å². The van der Waals surface area contributed by atoms with Gasteiger partial charge in [-0.3, -0.25) is 9.59 Å². The van der Waals surface area contributed by atoms with Crippen LogP contribution in [0.25, 0.3) is 0 Å². The van der Waals surface area contributed by atoms with Crippen LogP contribution in [0.1, 0.15) is 54.6 Å². The maximum absolute atomic E-state index is 13.6. The fourth-order valence-corrected chi connectivity index (χ4v) is 5.00. The Bertz CT molecular complexity index is 1280. The van der Waals surface area contributed by atoms with Crippen LogP contribution in [0.3, 0.4) is 0 Å². The molecule has 0 spiro atoms.